The molecule has 0 saturated carbocycles. The summed E-state index contributed by atoms with van der Waals surface area (Å²) in [6, 6.07) is 11.9. The average Bonchev–Trinajstić information content (AvgIpc) is 3.47. The van der Waals surface area contributed by atoms with E-state index in [1.807, 2.05) is 65.0 Å². The minimum absolute atomic E-state index is 0.0430. The van der Waals surface area contributed by atoms with E-state index >= 15 is 0 Å². The van der Waals surface area contributed by atoms with E-state index in [0.717, 1.165) is 47.7 Å². The van der Waals surface area contributed by atoms with Gasteiger partial charge in [-0.2, -0.15) is 0 Å². The van der Waals surface area contributed by atoms with Crippen LogP contribution in [0.4, 0.5) is 0 Å². The standard InChI is InChI=1S/C25H26N4O3/c1-17-7-5-11-28-16-21(27-23(17)28)25(30)29-12-6-9-19(15-29)24-26-14-20(32-24)13-18-8-3-4-10-22(18)31-2/h3-5,7-8,10-11,14,16,19H,6,9,12-13,15H2,1-2H3/t19-/m1/s1. The zero-order chi connectivity index (χ0) is 22.1. The van der Waals surface area contributed by atoms with Crippen LogP contribution < -0.4 is 4.74 Å². The summed E-state index contributed by atoms with van der Waals surface area (Å²) in [6.07, 6.45) is 7.99. The number of ether oxygens (including phenoxy) is 1. The molecule has 4 heterocycles. The first-order valence-corrected chi connectivity index (χ1v) is 10.9. The molecule has 5 rings (SSSR count). The normalized spacial score (nSPS) is 16.4. The molecule has 7 nitrogen and oxygen atoms in total. The summed E-state index contributed by atoms with van der Waals surface area (Å²) in [5.41, 5.74) is 3.40. The maximum absolute atomic E-state index is 13.2. The lowest BCUT2D eigenvalue weighted by Crippen LogP contribution is -2.39. The van der Waals surface area contributed by atoms with Gasteiger partial charge in [-0.1, -0.05) is 24.3 Å². The Kier molecular flexibility index (Phi) is 5.39. The lowest BCUT2D eigenvalue weighted by atomic mass is 9.98. The Hall–Kier alpha value is -3.61. The highest BCUT2D eigenvalue weighted by atomic mass is 16.5. The second-order valence-electron chi connectivity index (χ2n) is 8.29. The molecule has 1 fully saturated rings. The van der Waals surface area contributed by atoms with Gasteiger partial charge in [-0.15, -0.1) is 0 Å². The zero-order valence-corrected chi connectivity index (χ0v) is 18.3. The number of pyridine rings is 1. The van der Waals surface area contributed by atoms with Crippen molar-refractivity contribution in [3.05, 3.63) is 83.5 Å². The van der Waals surface area contributed by atoms with Crippen LogP contribution in [0.25, 0.3) is 5.65 Å². The minimum atomic E-state index is -0.0430. The molecule has 0 unspecified atom stereocenters. The number of imidazole rings is 1. The van der Waals surface area contributed by atoms with Gasteiger partial charge in [-0.05, 0) is 37.5 Å². The Labute approximate surface area is 186 Å². The number of nitrogens with zero attached hydrogens (tertiary/aromatic N) is 4. The Balaban J connectivity index is 1.30. The van der Waals surface area contributed by atoms with Crippen LogP contribution in [-0.2, 0) is 6.42 Å². The van der Waals surface area contributed by atoms with Gasteiger partial charge in [0.2, 0.25) is 0 Å². The van der Waals surface area contributed by atoms with E-state index in [9.17, 15) is 4.79 Å². The second-order valence-corrected chi connectivity index (χ2v) is 8.29. The number of piperidine rings is 1. The maximum atomic E-state index is 13.2. The van der Waals surface area contributed by atoms with Crippen LogP contribution in [0.1, 0.15) is 52.0 Å². The molecule has 164 valence electrons. The van der Waals surface area contributed by atoms with Crippen LogP contribution in [0.5, 0.6) is 5.75 Å². The van der Waals surface area contributed by atoms with Crippen molar-refractivity contribution in [2.24, 2.45) is 0 Å². The quantitative estimate of drug-likeness (QED) is 0.473. The maximum Gasteiger partial charge on any atom is 0.274 e. The number of para-hydroxylation sites is 1. The predicted molar refractivity (Wildman–Crippen MR) is 120 cm³/mol. The summed E-state index contributed by atoms with van der Waals surface area (Å²) >= 11 is 0. The Bertz CT molecular complexity index is 1260. The number of methoxy groups -OCH3 is 1. The summed E-state index contributed by atoms with van der Waals surface area (Å²) < 4.78 is 13.4. The molecular formula is C25H26N4O3. The van der Waals surface area contributed by atoms with E-state index in [1.54, 1.807) is 13.3 Å². The topological polar surface area (TPSA) is 72.9 Å². The Morgan fingerprint density at radius 2 is 2.12 bits per heavy atom. The van der Waals surface area contributed by atoms with Gasteiger partial charge in [0.15, 0.2) is 5.89 Å². The molecule has 3 aromatic heterocycles. The molecule has 7 heteroatoms. The third-order valence-corrected chi connectivity index (χ3v) is 6.08. The highest BCUT2D eigenvalue weighted by Crippen LogP contribution is 2.29. The number of likely N-dealkylation sites (tertiary alicyclic amines) is 1. The number of fused-ring (bicyclic) bond motifs is 1. The van der Waals surface area contributed by atoms with E-state index in [2.05, 4.69) is 9.97 Å². The fourth-order valence-electron chi connectivity index (χ4n) is 4.41. The lowest BCUT2D eigenvalue weighted by molar-refractivity contribution is 0.0692. The number of aryl methyl sites for hydroxylation is 1. The number of carbonyl (C=O) groups is 1. The molecule has 32 heavy (non-hydrogen) atoms. The van der Waals surface area contributed by atoms with Gasteiger partial charge in [0.25, 0.3) is 5.91 Å². The van der Waals surface area contributed by atoms with Crippen molar-refractivity contribution in [1.82, 2.24) is 19.3 Å². The molecule has 1 aliphatic heterocycles. The summed E-state index contributed by atoms with van der Waals surface area (Å²) in [4.78, 5) is 24.1. The van der Waals surface area contributed by atoms with Crippen LogP contribution in [0.2, 0.25) is 0 Å². The van der Waals surface area contributed by atoms with E-state index < -0.39 is 0 Å². The van der Waals surface area contributed by atoms with Gasteiger partial charge in [0, 0.05) is 37.5 Å². The van der Waals surface area contributed by atoms with Gasteiger partial charge >= 0.3 is 0 Å². The van der Waals surface area contributed by atoms with Gasteiger partial charge in [0.1, 0.15) is 22.9 Å². The monoisotopic (exact) mass is 430 g/mol. The number of carbonyl (C=O) groups excluding carboxylic acids is 1. The van der Waals surface area contributed by atoms with Crippen LogP contribution >= 0.6 is 0 Å². The smallest absolute Gasteiger partial charge is 0.274 e. The number of rotatable bonds is 5. The van der Waals surface area contributed by atoms with Crippen LogP contribution in [-0.4, -0.2) is 45.4 Å². The molecule has 0 N–H and O–H groups in total. The SMILES string of the molecule is COc1ccccc1Cc1cnc([C@@H]2CCCN(C(=O)c3cn4cccc(C)c4n3)C2)o1. The van der Waals surface area contributed by atoms with E-state index in [1.165, 1.54) is 0 Å². The first-order valence-electron chi connectivity index (χ1n) is 10.9. The number of benzene rings is 1. The third-order valence-electron chi connectivity index (χ3n) is 6.08. The summed E-state index contributed by atoms with van der Waals surface area (Å²) in [5, 5.41) is 0. The van der Waals surface area contributed by atoms with E-state index in [0.29, 0.717) is 24.6 Å². The second kappa shape index (κ2) is 8.49. The highest BCUT2D eigenvalue weighted by molar-refractivity contribution is 5.93. The average molecular weight is 431 g/mol. The highest BCUT2D eigenvalue weighted by Gasteiger charge is 2.29. The Morgan fingerprint density at radius 1 is 1.25 bits per heavy atom. The van der Waals surface area contributed by atoms with Crippen molar-refractivity contribution in [3.8, 4) is 5.75 Å². The molecule has 1 amide bonds. The number of oxazole rings is 1. The summed E-state index contributed by atoms with van der Waals surface area (Å²) in [7, 11) is 1.67. The molecule has 1 aromatic carbocycles. The first-order chi connectivity index (χ1) is 15.6. The van der Waals surface area contributed by atoms with E-state index in [4.69, 9.17) is 9.15 Å². The fourth-order valence-corrected chi connectivity index (χ4v) is 4.41. The first kappa shape index (κ1) is 20.3. The third kappa shape index (κ3) is 3.86. The Morgan fingerprint density at radius 3 is 2.97 bits per heavy atom. The van der Waals surface area contributed by atoms with Crippen molar-refractivity contribution in [3.63, 3.8) is 0 Å². The summed E-state index contributed by atoms with van der Waals surface area (Å²) in [6.45, 7) is 3.30. The molecule has 0 bridgehead atoms. The number of amides is 1. The van der Waals surface area contributed by atoms with Crippen LogP contribution in [0, 0.1) is 6.92 Å². The predicted octanol–water partition coefficient (Wildman–Crippen LogP) is 4.25. The molecule has 0 spiro atoms. The van der Waals surface area contributed by atoms with Crippen molar-refractivity contribution >= 4 is 11.6 Å². The van der Waals surface area contributed by atoms with Crippen LogP contribution in [0.15, 0.2) is 59.4 Å². The van der Waals surface area contributed by atoms with E-state index in [-0.39, 0.29) is 11.8 Å². The van der Waals surface area contributed by atoms with Gasteiger partial charge in [-0.3, -0.25) is 4.79 Å². The van der Waals surface area contributed by atoms with Gasteiger partial charge < -0.3 is 18.5 Å². The van der Waals surface area contributed by atoms with Crippen molar-refractivity contribution in [1.29, 1.82) is 0 Å². The van der Waals surface area contributed by atoms with Crippen molar-refractivity contribution in [2.75, 3.05) is 20.2 Å². The minimum Gasteiger partial charge on any atom is -0.496 e. The summed E-state index contributed by atoms with van der Waals surface area (Å²) in [5.74, 6) is 2.36. The fraction of sp³-hybridized carbons (Fsp3) is 0.320. The molecule has 0 aliphatic carbocycles. The van der Waals surface area contributed by atoms with Gasteiger partial charge in [-0.25, -0.2) is 9.97 Å². The van der Waals surface area contributed by atoms with Gasteiger partial charge in [0.05, 0.1) is 19.2 Å². The van der Waals surface area contributed by atoms with Crippen molar-refractivity contribution < 1.29 is 13.9 Å². The van der Waals surface area contributed by atoms with Crippen LogP contribution in [0.3, 0.4) is 0 Å². The number of aromatic nitrogens is 3. The molecule has 1 atom stereocenters. The van der Waals surface area contributed by atoms with Crippen molar-refractivity contribution in [2.45, 2.75) is 32.1 Å². The molecule has 4 aromatic rings. The molecule has 1 saturated heterocycles. The number of hydrogen-bond acceptors (Lipinski definition) is 5. The zero-order valence-electron chi connectivity index (χ0n) is 18.3. The molecule has 1 aliphatic rings. The largest absolute Gasteiger partial charge is 0.496 e. The number of hydrogen-bond donors (Lipinski definition) is 0. The molecule has 0 radical (unpaired) electrons. The molecular weight excluding hydrogens is 404 g/mol. The lowest BCUT2D eigenvalue weighted by Gasteiger charge is -2.30.